The van der Waals surface area contributed by atoms with Gasteiger partial charge in [-0.25, -0.2) is 4.74 Å². The first-order valence-electron chi connectivity index (χ1n) is 2.57. The van der Waals surface area contributed by atoms with Crippen molar-refractivity contribution in [2.45, 2.75) is 18.6 Å². The van der Waals surface area contributed by atoms with Crippen molar-refractivity contribution in [3.8, 4) is 0 Å². The van der Waals surface area contributed by atoms with Crippen molar-refractivity contribution in [2.24, 2.45) is 0 Å². The van der Waals surface area contributed by atoms with Gasteiger partial charge in [0.05, 0.1) is 6.61 Å². The molecule has 1 aliphatic heterocycles. The zero-order valence-corrected chi connectivity index (χ0v) is 4.99. The number of rotatable bonds is 2. The molecule has 1 unspecified atom stereocenters. The Labute approximate surface area is 57.9 Å². The van der Waals surface area contributed by atoms with E-state index in [0.717, 1.165) is 0 Å². The molecule has 11 heavy (non-hydrogen) atoms. The summed E-state index contributed by atoms with van der Waals surface area (Å²) in [5, 5.41) is 0. The smallest absolute Gasteiger partial charge is 0.364 e. The molecule has 0 amide bonds. The lowest BCUT2D eigenvalue weighted by Gasteiger charge is -2.15. The van der Waals surface area contributed by atoms with E-state index >= 15 is 0 Å². The molecule has 1 aliphatic rings. The molecule has 2 nitrogen and oxygen atoms in total. The second-order valence-corrected chi connectivity index (χ2v) is 1.93. The quantitative estimate of drug-likeness (QED) is 0.472. The molecular weight excluding hydrogens is 175 g/mol. The highest BCUT2D eigenvalue weighted by Crippen LogP contribution is 2.36. The Morgan fingerprint density at radius 1 is 1.18 bits per heavy atom. The van der Waals surface area contributed by atoms with Gasteiger partial charge in [0.1, 0.15) is 0 Å². The monoisotopic (exact) mass is 178 g/mol. The minimum atomic E-state index is -5.32. The Balaban J connectivity index is 2.45. The summed E-state index contributed by atoms with van der Waals surface area (Å²) in [6, 6.07) is 0. The number of ether oxygens (including phenoxy) is 2. The highest BCUT2D eigenvalue weighted by molar-refractivity contribution is 4.79. The zero-order chi connectivity index (χ0) is 8.70. The largest absolute Gasteiger partial charge is 0.527 e. The molecular formula is C4H3F5O2. The Bertz CT molecular complexity index is 149. The van der Waals surface area contributed by atoms with Crippen LogP contribution in [0.3, 0.4) is 0 Å². The lowest BCUT2D eigenvalue weighted by molar-refractivity contribution is -0.427. The lowest BCUT2D eigenvalue weighted by Crippen LogP contribution is -2.34. The summed E-state index contributed by atoms with van der Waals surface area (Å²) in [5.41, 5.74) is 0. The number of hydrogen-bond acceptors (Lipinski definition) is 2. The molecule has 0 saturated carbocycles. The van der Waals surface area contributed by atoms with Crippen LogP contribution < -0.4 is 0 Å². The molecule has 1 atom stereocenters. The van der Waals surface area contributed by atoms with E-state index in [1.165, 1.54) is 0 Å². The average Bonchev–Trinajstić information content (AvgIpc) is 2.30. The van der Waals surface area contributed by atoms with Crippen LogP contribution in [0.4, 0.5) is 22.0 Å². The molecule has 0 aromatic heterocycles. The normalized spacial score (nSPS) is 25.4. The number of alkyl halides is 5. The Morgan fingerprint density at radius 2 is 1.64 bits per heavy atom. The molecule has 1 fully saturated rings. The lowest BCUT2D eigenvalue weighted by atomic mass is 10.4. The van der Waals surface area contributed by atoms with Crippen LogP contribution in [0.1, 0.15) is 0 Å². The first-order chi connectivity index (χ1) is 4.81. The fourth-order valence-corrected chi connectivity index (χ4v) is 0.462. The Kier molecular flexibility index (Phi) is 1.79. The Hall–Kier alpha value is -0.430. The predicted molar refractivity (Wildman–Crippen MR) is 21.8 cm³/mol. The van der Waals surface area contributed by atoms with Crippen LogP contribution in [-0.4, -0.2) is 25.2 Å². The van der Waals surface area contributed by atoms with Crippen molar-refractivity contribution in [1.29, 1.82) is 0 Å². The molecule has 1 saturated heterocycles. The van der Waals surface area contributed by atoms with Gasteiger partial charge in [0.15, 0.2) is 6.10 Å². The van der Waals surface area contributed by atoms with Gasteiger partial charge in [-0.15, -0.1) is 13.2 Å². The van der Waals surface area contributed by atoms with Gasteiger partial charge in [0, 0.05) is 0 Å². The van der Waals surface area contributed by atoms with Crippen molar-refractivity contribution in [3.05, 3.63) is 0 Å². The van der Waals surface area contributed by atoms with E-state index in [1.807, 2.05) is 0 Å². The van der Waals surface area contributed by atoms with Crippen LogP contribution in [-0.2, 0) is 9.47 Å². The second-order valence-electron chi connectivity index (χ2n) is 1.93. The molecule has 1 heterocycles. The summed E-state index contributed by atoms with van der Waals surface area (Å²) in [5.74, 6) is 0. The first kappa shape index (κ1) is 8.66. The fraction of sp³-hybridized carbons (Fsp3) is 1.00. The predicted octanol–water partition coefficient (Wildman–Crippen LogP) is 1.51. The zero-order valence-electron chi connectivity index (χ0n) is 4.99. The molecule has 0 radical (unpaired) electrons. The van der Waals surface area contributed by atoms with Gasteiger partial charge in [0.25, 0.3) is 0 Å². The maximum Gasteiger partial charge on any atom is 0.527 e. The van der Waals surface area contributed by atoms with Gasteiger partial charge in [-0.2, -0.15) is 8.78 Å². The molecule has 66 valence electrons. The SMILES string of the molecule is FC(F)(F)OC(F)(F)C1CO1. The van der Waals surface area contributed by atoms with E-state index in [1.54, 1.807) is 0 Å². The summed E-state index contributed by atoms with van der Waals surface area (Å²) < 4.78 is 64.1. The number of halogens is 5. The number of epoxide rings is 1. The van der Waals surface area contributed by atoms with E-state index in [-0.39, 0.29) is 0 Å². The van der Waals surface area contributed by atoms with Crippen LogP contribution in [0.15, 0.2) is 0 Å². The minimum absolute atomic E-state index is 0.400. The minimum Gasteiger partial charge on any atom is -0.364 e. The molecule has 0 spiro atoms. The van der Waals surface area contributed by atoms with Crippen LogP contribution in [0, 0.1) is 0 Å². The molecule has 0 aromatic carbocycles. The summed E-state index contributed by atoms with van der Waals surface area (Å²) >= 11 is 0. The van der Waals surface area contributed by atoms with Crippen LogP contribution in [0.5, 0.6) is 0 Å². The van der Waals surface area contributed by atoms with Gasteiger partial charge in [-0.05, 0) is 0 Å². The van der Waals surface area contributed by atoms with Crippen molar-refractivity contribution >= 4 is 0 Å². The van der Waals surface area contributed by atoms with E-state index in [4.69, 9.17) is 0 Å². The third kappa shape index (κ3) is 2.58. The molecule has 0 aromatic rings. The van der Waals surface area contributed by atoms with Crippen molar-refractivity contribution in [3.63, 3.8) is 0 Å². The van der Waals surface area contributed by atoms with E-state index in [0.29, 0.717) is 0 Å². The summed E-state index contributed by atoms with van der Waals surface area (Å²) in [7, 11) is 0. The first-order valence-corrected chi connectivity index (χ1v) is 2.57. The molecule has 7 heteroatoms. The van der Waals surface area contributed by atoms with Gasteiger partial charge in [-0.3, -0.25) is 0 Å². The van der Waals surface area contributed by atoms with Crippen LogP contribution >= 0.6 is 0 Å². The van der Waals surface area contributed by atoms with Gasteiger partial charge >= 0.3 is 12.5 Å². The van der Waals surface area contributed by atoms with E-state index in [9.17, 15) is 22.0 Å². The summed E-state index contributed by atoms with van der Waals surface area (Å²) in [4.78, 5) is 0. The summed E-state index contributed by atoms with van der Waals surface area (Å²) in [6.07, 6.45) is -11.3. The Morgan fingerprint density at radius 3 is 1.91 bits per heavy atom. The van der Waals surface area contributed by atoms with Gasteiger partial charge < -0.3 is 4.74 Å². The third-order valence-corrected chi connectivity index (χ3v) is 0.960. The van der Waals surface area contributed by atoms with Crippen LogP contribution in [0.2, 0.25) is 0 Å². The van der Waals surface area contributed by atoms with Crippen molar-refractivity contribution in [1.82, 2.24) is 0 Å². The van der Waals surface area contributed by atoms with E-state index in [2.05, 4.69) is 9.47 Å². The third-order valence-electron chi connectivity index (χ3n) is 0.960. The second kappa shape index (κ2) is 2.28. The average molecular weight is 178 g/mol. The maximum absolute atomic E-state index is 12.0. The standard InChI is InChI=1S/C4H3F5O2/c5-3(6,2-1-10-2)11-4(7,8)9/h2H,1H2. The van der Waals surface area contributed by atoms with E-state index < -0.39 is 25.2 Å². The molecule has 0 N–H and O–H groups in total. The molecule has 1 rings (SSSR count). The van der Waals surface area contributed by atoms with Crippen molar-refractivity contribution in [2.75, 3.05) is 6.61 Å². The summed E-state index contributed by atoms with van der Waals surface area (Å²) in [6.45, 7) is -0.400. The highest BCUT2D eigenvalue weighted by Gasteiger charge is 2.56. The highest BCUT2D eigenvalue weighted by atomic mass is 19.4. The van der Waals surface area contributed by atoms with Crippen LogP contribution in [0.25, 0.3) is 0 Å². The van der Waals surface area contributed by atoms with Gasteiger partial charge in [-0.1, -0.05) is 0 Å². The number of hydrogen-bond donors (Lipinski definition) is 0. The molecule has 0 bridgehead atoms. The maximum atomic E-state index is 12.0. The van der Waals surface area contributed by atoms with Crippen molar-refractivity contribution < 1.29 is 31.4 Å². The van der Waals surface area contributed by atoms with Gasteiger partial charge in [0.2, 0.25) is 0 Å². The fourth-order valence-electron chi connectivity index (χ4n) is 0.462. The molecule has 0 aliphatic carbocycles. The topological polar surface area (TPSA) is 21.8 Å².